The molecule has 1 atom stereocenters. The molecule has 0 heterocycles. The lowest BCUT2D eigenvalue weighted by Gasteiger charge is -2.13. The van der Waals surface area contributed by atoms with E-state index >= 15 is 0 Å². The van der Waals surface area contributed by atoms with Crippen LogP contribution in [0.15, 0.2) is 47.6 Å². The first-order valence-corrected chi connectivity index (χ1v) is 8.07. The number of hydrogen-bond acceptors (Lipinski definition) is 7. The van der Waals surface area contributed by atoms with Crippen LogP contribution in [0.1, 0.15) is 24.1 Å². The Morgan fingerprint density at radius 3 is 2.54 bits per heavy atom. The highest BCUT2D eigenvalue weighted by Crippen LogP contribution is 2.36. The number of phenolic OH excluding ortho intramolecular Hbond substituents is 1. The predicted molar refractivity (Wildman–Crippen MR) is 100 cm³/mol. The summed E-state index contributed by atoms with van der Waals surface area (Å²) in [5.74, 6) is -2.64. The van der Waals surface area contributed by atoms with E-state index in [4.69, 9.17) is 4.74 Å². The summed E-state index contributed by atoms with van der Waals surface area (Å²) in [5, 5.41) is 26.8. The minimum absolute atomic E-state index is 0.128. The highest BCUT2D eigenvalue weighted by Gasteiger charge is 2.20. The first-order chi connectivity index (χ1) is 13.3. The van der Waals surface area contributed by atoms with Crippen molar-refractivity contribution in [2.75, 3.05) is 7.11 Å². The van der Waals surface area contributed by atoms with Gasteiger partial charge in [-0.05, 0) is 18.6 Å². The van der Waals surface area contributed by atoms with Gasteiger partial charge in [0.25, 0.3) is 0 Å². The molecule has 2 aromatic rings. The monoisotopic (exact) mass is 386 g/mol. The highest BCUT2D eigenvalue weighted by molar-refractivity contribution is 6.35. The maximum Gasteiger partial charge on any atom is 0.329 e. The van der Waals surface area contributed by atoms with Crippen LogP contribution in [0, 0.1) is 10.1 Å². The van der Waals surface area contributed by atoms with Crippen LogP contribution in [0.3, 0.4) is 0 Å². The minimum Gasteiger partial charge on any atom is -0.500 e. The number of nitro benzene ring substituents is 1. The predicted octanol–water partition coefficient (Wildman–Crippen LogP) is 1.64. The summed E-state index contributed by atoms with van der Waals surface area (Å²) < 4.78 is 4.86. The Hall–Kier alpha value is -3.95. The van der Waals surface area contributed by atoms with Crippen molar-refractivity contribution in [2.45, 2.75) is 13.0 Å². The lowest BCUT2D eigenvalue weighted by atomic mass is 10.1. The van der Waals surface area contributed by atoms with E-state index < -0.39 is 28.2 Å². The van der Waals surface area contributed by atoms with Gasteiger partial charge in [0, 0.05) is 11.6 Å². The molecule has 0 radical (unpaired) electrons. The molecule has 0 saturated heterocycles. The SMILES string of the molecule is COc1cc(/C=N\NC(=O)C(=O)N[C@H](C)c2ccccc2)cc([N+](=O)[O-])c1O. The zero-order valence-electron chi connectivity index (χ0n) is 15.1. The van der Waals surface area contributed by atoms with Crippen molar-refractivity contribution in [3.05, 3.63) is 63.7 Å². The van der Waals surface area contributed by atoms with Gasteiger partial charge in [-0.25, -0.2) is 5.43 Å². The molecule has 0 aliphatic heterocycles. The number of methoxy groups -OCH3 is 1. The van der Waals surface area contributed by atoms with Crippen molar-refractivity contribution < 1.29 is 24.4 Å². The summed E-state index contributed by atoms with van der Waals surface area (Å²) in [4.78, 5) is 33.9. The summed E-state index contributed by atoms with van der Waals surface area (Å²) in [5.41, 5.74) is 2.46. The topological polar surface area (TPSA) is 143 Å². The van der Waals surface area contributed by atoms with Crippen LogP contribution < -0.4 is 15.5 Å². The second kappa shape index (κ2) is 9.12. The average molecular weight is 386 g/mol. The fraction of sp³-hybridized carbons (Fsp3) is 0.167. The van der Waals surface area contributed by atoms with Crippen molar-refractivity contribution in [1.29, 1.82) is 0 Å². The van der Waals surface area contributed by atoms with E-state index in [1.807, 2.05) is 35.8 Å². The van der Waals surface area contributed by atoms with Gasteiger partial charge >= 0.3 is 17.5 Å². The van der Waals surface area contributed by atoms with Crippen molar-refractivity contribution in [2.24, 2.45) is 5.10 Å². The summed E-state index contributed by atoms with van der Waals surface area (Å²) in [6, 6.07) is 11.0. The summed E-state index contributed by atoms with van der Waals surface area (Å²) >= 11 is 0. The quantitative estimate of drug-likeness (QED) is 0.298. The number of phenols is 1. The number of nitrogens with one attached hydrogen (secondary N) is 2. The third-order valence-electron chi connectivity index (χ3n) is 3.73. The van der Waals surface area contributed by atoms with E-state index in [0.29, 0.717) is 0 Å². The summed E-state index contributed by atoms with van der Waals surface area (Å²) in [6.07, 6.45) is 1.08. The molecule has 3 N–H and O–H groups in total. The molecule has 2 amide bonds. The van der Waals surface area contributed by atoms with Crippen LogP contribution in [-0.2, 0) is 9.59 Å². The van der Waals surface area contributed by atoms with Crippen molar-refractivity contribution >= 4 is 23.7 Å². The van der Waals surface area contributed by atoms with Gasteiger partial charge < -0.3 is 15.2 Å². The Morgan fingerprint density at radius 1 is 1.25 bits per heavy atom. The van der Waals surface area contributed by atoms with Gasteiger partial charge in [-0.1, -0.05) is 30.3 Å². The third kappa shape index (κ3) is 5.04. The molecule has 0 bridgehead atoms. The van der Waals surface area contributed by atoms with E-state index in [2.05, 4.69) is 10.4 Å². The first-order valence-electron chi connectivity index (χ1n) is 8.07. The maximum atomic E-state index is 11.9. The molecular formula is C18H18N4O6. The van der Waals surface area contributed by atoms with Crippen LogP contribution in [0.5, 0.6) is 11.5 Å². The van der Waals surface area contributed by atoms with Gasteiger partial charge in [0.05, 0.1) is 24.3 Å². The van der Waals surface area contributed by atoms with Crippen LogP contribution >= 0.6 is 0 Å². The number of hydrogen-bond donors (Lipinski definition) is 3. The molecule has 2 aromatic carbocycles. The maximum absolute atomic E-state index is 11.9. The Labute approximate surface area is 160 Å². The second-order valence-electron chi connectivity index (χ2n) is 5.65. The molecule has 10 nitrogen and oxygen atoms in total. The highest BCUT2D eigenvalue weighted by atomic mass is 16.6. The lowest BCUT2D eigenvalue weighted by Crippen LogP contribution is -2.39. The molecule has 0 aromatic heterocycles. The summed E-state index contributed by atoms with van der Waals surface area (Å²) in [6.45, 7) is 1.73. The number of rotatable bonds is 6. The van der Waals surface area contributed by atoms with Gasteiger partial charge in [-0.15, -0.1) is 0 Å². The fourth-order valence-electron chi connectivity index (χ4n) is 2.29. The zero-order valence-corrected chi connectivity index (χ0v) is 15.1. The van der Waals surface area contributed by atoms with Crippen LogP contribution in [-0.4, -0.2) is 35.2 Å². The smallest absolute Gasteiger partial charge is 0.329 e. The largest absolute Gasteiger partial charge is 0.500 e. The van der Waals surface area contributed by atoms with Gasteiger partial charge in [-0.2, -0.15) is 5.10 Å². The standard InChI is InChI=1S/C18H18N4O6/c1-11(13-6-4-3-5-7-13)20-17(24)18(25)21-19-10-12-8-14(22(26)27)16(23)15(9-12)28-2/h3-11,23H,1-2H3,(H,20,24)(H,21,25)/b19-10-/t11-/m1/s1. The number of nitro groups is 1. The van der Waals surface area contributed by atoms with Crippen molar-refractivity contribution in [3.8, 4) is 11.5 Å². The number of benzene rings is 2. The molecule has 2 rings (SSSR count). The molecular weight excluding hydrogens is 368 g/mol. The van der Waals surface area contributed by atoms with Gasteiger partial charge in [0.15, 0.2) is 5.75 Å². The van der Waals surface area contributed by atoms with Gasteiger partial charge in [0.1, 0.15) is 0 Å². The number of nitrogens with zero attached hydrogens (tertiary/aromatic N) is 2. The molecule has 0 fully saturated rings. The average Bonchev–Trinajstić information content (AvgIpc) is 2.69. The number of carbonyl (C=O) groups excluding carboxylic acids is 2. The normalized spacial score (nSPS) is 11.6. The van der Waals surface area contributed by atoms with Crippen LogP contribution in [0.25, 0.3) is 0 Å². The Bertz CT molecular complexity index is 914. The Balaban J connectivity index is 2.02. The minimum atomic E-state index is -1.00. The van der Waals surface area contributed by atoms with E-state index in [9.17, 15) is 24.8 Å². The van der Waals surface area contributed by atoms with Crippen LogP contribution in [0.2, 0.25) is 0 Å². The van der Waals surface area contributed by atoms with E-state index in [-0.39, 0.29) is 17.4 Å². The first kappa shape index (κ1) is 20.4. The molecule has 28 heavy (non-hydrogen) atoms. The molecule has 0 aliphatic rings. The number of aromatic hydroxyl groups is 1. The van der Waals surface area contributed by atoms with E-state index in [1.54, 1.807) is 6.92 Å². The Kier molecular flexibility index (Phi) is 6.63. The number of amides is 2. The molecule has 0 aliphatic carbocycles. The number of carbonyl (C=O) groups is 2. The van der Waals surface area contributed by atoms with E-state index in [0.717, 1.165) is 17.8 Å². The van der Waals surface area contributed by atoms with Crippen molar-refractivity contribution in [3.63, 3.8) is 0 Å². The zero-order chi connectivity index (χ0) is 20.7. The molecule has 10 heteroatoms. The van der Waals surface area contributed by atoms with Crippen LogP contribution in [0.4, 0.5) is 5.69 Å². The molecule has 0 spiro atoms. The fourth-order valence-corrected chi connectivity index (χ4v) is 2.29. The lowest BCUT2D eigenvalue weighted by molar-refractivity contribution is -0.386. The third-order valence-corrected chi connectivity index (χ3v) is 3.73. The number of ether oxygens (including phenoxy) is 1. The summed E-state index contributed by atoms with van der Waals surface area (Å²) in [7, 11) is 1.24. The van der Waals surface area contributed by atoms with E-state index in [1.165, 1.54) is 13.2 Å². The van der Waals surface area contributed by atoms with Crippen molar-refractivity contribution in [1.82, 2.24) is 10.7 Å². The Morgan fingerprint density at radius 2 is 1.93 bits per heavy atom. The second-order valence-corrected chi connectivity index (χ2v) is 5.65. The molecule has 0 unspecified atom stereocenters. The molecule has 146 valence electrons. The molecule has 0 saturated carbocycles. The van der Waals surface area contributed by atoms with Gasteiger partial charge in [-0.3, -0.25) is 19.7 Å². The number of hydrazone groups is 1. The van der Waals surface area contributed by atoms with Gasteiger partial charge in [0.2, 0.25) is 5.75 Å².